The number of halogens is 4. The number of alkyl halides is 3. The second-order valence-electron chi connectivity index (χ2n) is 6.18. The first kappa shape index (κ1) is 16.9. The molecule has 3 aromatic rings. The van der Waals surface area contributed by atoms with Gasteiger partial charge in [0.25, 0.3) is 0 Å². The van der Waals surface area contributed by atoms with Crippen molar-refractivity contribution in [1.29, 1.82) is 0 Å². The zero-order valence-corrected chi connectivity index (χ0v) is 14.1. The molecule has 26 heavy (non-hydrogen) atoms. The first-order valence-electron chi connectivity index (χ1n) is 8.00. The molecule has 0 atom stereocenters. The summed E-state index contributed by atoms with van der Waals surface area (Å²) >= 11 is 6.17. The van der Waals surface area contributed by atoms with Gasteiger partial charge >= 0.3 is 11.9 Å². The van der Waals surface area contributed by atoms with Gasteiger partial charge in [0.2, 0.25) is 0 Å². The van der Waals surface area contributed by atoms with E-state index < -0.39 is 17.4 Å². The van der Waals surface area contributed by atoms with Crippen LogP contribution in [-0.2, 0) is 6.18 Å². The van der Waals surface area contributed by atoms with Crippen LogP contribution < -0.4 is 11.0 Å². The molecule has 1 aromatic heterocycles. The van der Waals surface area contributed by atoms with Crippen molar-refractivity contribution >= 4 is 28.3 Å². The van der Waals surface area contributed by atoms with E-state index in [2.05, 4.69) is 10.3 Å². The maximum Gasteiger partial charge on any atom is 0.416 e. The van der Waals surface area contributed by atoms with E-state index in [1.165, 1.54) is 6.07 Å². The second-order valence-corrected chi connectivity index (χ2v) is 6.59. The molecule has 1 fully saturated rings. The Morgan fingerprint density at radius 2 is 1.88 bits per heavy atom. The molecule has 1 aliphatic rings. The zero-order valence-electron chi connectivity index (χ0n) is 13.3. The molecule has 0 amide bonds. The Hall–Kier alpha value is -2.54. The van der Waals surface area contributed by atoms with Crippen molar-refractivity contribution in [2.24, 2.45) is 0 Å². The molecule has 0 radical (unpaired) electrons. The van der Waals surface area contributed by atoms with E-state index in [0.29, 0.717) is 11.2 Å². The van der Waals surface area contributed by atoms with Crippen LogP contribution in [0.25, 0.3) is 16.6 Å². The second kappa shape index (κ2) is 6.02. The Balaban J connectivity index is 2.05. The predicted octanol–water partition coefficient (Wildman–Crippen LogP) is 4.63. The van der Waals surface area contributed by atoms with Crippen LogP contribution in [0.4, 0.5) is 19.0 Å². The van der Waals surface area contributed by atoms with Crippen molar-refractivity contribution in [3.63, 3.8) is 0 Å². The molecule has 2 aromatic carbocycles. The lowest BCUT2D eigenvalue weighted by molar-refractivity contribution is -0.137. The van der Waals surface area contributed by atoms with Crippen LogP contribution in [-0.4, -0.2) is 15.6 Å². The molecule has 1 N–H and O–H groups in total. The maximum atomic E-state index is 13.2. The summed E-state index contributed by atoms with van der Waals surface area (Å²) < 4.78 is 40.7. The quantitative estimate of drug-likeness (QED) is 0.721. The Morgan fingerprint density at radius 1 is 1.15 bits per heavy atom. The van der Waals surface area contributed by atoms with E-state index >= 15 is 0 Å². The SMILES string of the molecule is O=c1nc(NC2CC2)c2ccc(C(F)(F)F)cc2n1-c1ccccc1Cl. The molecule has 134 valence electrons. The third-order valence-corrected chi connectivity index (χ3v) is 4.55. The van der Waals surface area contributed by atoms with Crippen molar-refractivity contribution in [1.82, 2.24) is 9.55 Å². The van der Waals surface area contributed by atoms with Crippen molar-refractivity contribution in [3.8, 4) is 5.69 Å². The Morgan fingerprint density at radius 3 is 2.54 bits per heavy atom. The van der Waals surface area contributed by atoms with Gasteiger partial charge in [-0.2, -0.15) is 18.2 Å². The van der Waals surface area contributed by atoms with Crippen LogP contribution in [0, 0.1) is 0 Å². The van der Waals surface area contributed by atoms with Gasteiger partial charge < -0.3 is 5.32 Å². The van der Waals surface area contributed by atoms with Crippen LogP contribution in [0.2, 0.25) is 5.02 Å². The average molecular weight is 380 g/mol. The van der Waals surface area contributed by atoms with Gasteiger partial charge in [-0.15, -0.1) is 0 Å². The largest absolute Gasteiger partial charge is 0.416 e. The summed E-state index contributed by atoms with van der Waals surface area (Å²) in [5.74, 6) is 0.296. The topological polar surface area (TPSA) is 46.9 Å². The van der Waals surface area contributed by atoms with Crippen LogP contribution in [0.5, 0.6) is 0 Å². The number of hydrogen-bond acceptors (Lipinski definition) is 3. The number of para-hydroxylation sites is 1. The van der Waals surface area contributed by atoms with Gasteiger partial charge in [-0.05, 0) is 43.2 Å². The number of hydrogen-bond donors (Lipinski definition) is 1. The fourth-order valence-electron chi connectivity index (χ4n) is 2.80. The summed E-state index contributed by atoms with van der Waals surface area (Å²) in [6.07, 6.45) is -2.64. The van der Waals surface area contributed by atoms with Gasteiger partial charge in [0, 0.05) is 11.4 Å². The standard InChI is InChI=1S/C18H13ClF3N3O/c19-13-3-1-2-4-14(13)25-15-9-10(18(20,21)22)5-8-12(15)16(24-17(25)26)23-11-6-7-11/h1-5,8-9,11H,6-7H2,(H,23,24,26). The van der Waals surface area contributed by atoms with E-state index in [4.69, 9.17) is 11.6 Å². The molecule has 0 spiro atoms. The molecule has 0 bridgehead atoms. The number of rotatable bonds is 3. The predicted molar refractivity (Wildman–Crippen MR) is 94.0 cm³/mol. The van der Waals surface area contributed by atoms with E-state index in [9.17, 15) is 18.0 Å². The minimum Gasteiger partial charge on any atom is -0.367 e. The zero-order chi connectivity index (χ0) is 18.5. The normalized spacial score (nSPS) is 14.6. The first-order valence-corrected chi connectivity index (χ1v) is 8.38. The number of benzene rings is 2. The van der Waals surface area contributed by atoms with E-state index in [1.54, 1.807) is 24.3 Å². The van der Waals surface area contributed by atoms with Gasteiger partial charge in [0.05, 0.1) is 21.8 Å². The third-order valence-electron chi connectivity index (χ3n) is 4.23. The van der Waals surface area contributed by atoms with Crippen LogP contribution in [0.3, 0.4) is 0 Å². The van der Waals surface area contributed by atoms with Gasteiger partial charge in [0.1, 0.15) is 5.82 Å². The average Bonchev–Trinajstić information content (AvgIpc) is 3.39. The van der Waals surface area contributed by atoms with Crippen molar-refractivity contribution < 1.29 is 13.2 Å². The van der Waals surface area contributed by atoms with Crippen molar-refractivity contribution in [3.05, 3.63) is 63.5 Å². The van der Waals surface area contributed by atoms with E-state index in [-0.39, 0.29) is 22.3 Å². The molecule has 0 aliphatic heterocycles. The van der Waals surface area contributed by atoms with Crippen molar-refractivity contribution in [2.75, 3.05) is 5.32 Å². The highest BCUT2D eigenvalue weighted by molar-refractivity contribution is 6.32. The lowest BCUT2D eigenvalue weighted by atomic mass is 10.1. The van der Waals surface area contributed by atoms with Gasteiger partial charge in [-0.3, -0.25) is 4.57 Å². The van der Waals surface area contributed by atoms with Gasteiger partial charge in [0.15, 0.2) is 0 Å². The number of nitrogens with zero attached hydrogens (tertiary/aromatic N) is 2. The molecule has 1 heterocycles. The Labute approximate surface area is 151 Å². The van der Waals surface area contributed by atoms with Crippen LogP contribution in [0.15, 0.2) is 47.3 Å². The smallest absolute Gasteiger partial charge is 0.367 e. The maximum absolute atomic E-state index is 13.2. The van der Waals surface area contributed by atoms with Gasteiger partial charge in [-0.1, -0.05) is 23.7 Å². The molecule has 0 unspecified atom stereocenters. The highest BCUT2D eigenvalue weighted by Gasteiger charge is 2.31. The molecule has 1 aliphatic carbocycles. The fourth-order valence-corrected chi connectivity index (χ4v) is 3.02. The Kier molecular flexibility index (Phi) is 3.91. The van der Waals surface area contributed by atoms with Gasteiger partial charge in [-0.25, -0.2) is 4.79 Å². The number of anilines is 1. The van der Waals surface area contributed by atoms with E-state index in [0.717, 1.165) is 29.5 Å². The summed E-state index contributed by atoms with van der Waals surface area (Å²) in [4.78, 5) is 16.7. The monoisotopic (exact) mass is 379 g/mol. The summed E-state index contributed by atoms with van der Waals surface area (Å²) in [5.41, 5.74) is -1.13. The molecule has 8 heteroatoms. The summed E-state index contributed by atoms with van der Waals surface area (Å²) in [5, 5.41) is 3.80. The summed E-state index contributed by atoms with van der Waals surface area (Å²) in [7, 11) is 0. The molecular weight excluding hydrogens is 367 g/mol. The van der Waals surface area contributed by atoms with Crippen LogP contribution >= 0.6 is 11.6 Å². The molecule has 0 saturated heterocycles. The Bertz CT molecular complexity index is 1060. The number of nitrogens with one attached hydrogen (secondary N) is 1. The molecular formula is C18H13ClF3N3O. The molecule has 1 saturated carbocycles. The van der Waals surface area contributed by atoms with E-state index in [1.807, 2.05) is 0 Å². The summed E-state index contributed by atoms with van der Waals surface area (Å²) in [6, 6.07) is 9.95. The first-order chi connectivity index (χ1) is 12.3. The lowest BCUT2D eigenvalue weighted by Crippen LogP contribution is -2.24. The highest BCUT2D eigenvalue weighted by Crippen LogP contribution is 2.34. The number of fused-ring (bicyclic) bond motifs is 1. The number of aromatic nitrogens is 2. The third kappa shape index (κ3) is 3.03. The molecule has 4 nitrogen and oxygen atoms in total. The van der Waals surface area contributed by atoms with Crippen molar-refractivity contribution in [2.45, 2.75) is 25.1 Å². The van der Waals surface area contributed by atoms with Crippen LogP contribution in [0.1, 0.15) is 18.4 Å². The highest BCUT2D eigenvalue weighted by atomic mass is 35.5. The lowest BCUT2D eigenvalue weighted by Gasteiger charge is -2.16. The summed E-state index contributed by atoms with van der Waals surface area (Å²) in [6.45, 7) is 0. The molecule has 4 rings (SSSR count). The minimum absolute atomic E-state index is 0.107. The fraction of sp³-hybridized carbons (Fsp3) is 0.222. The minimum atomic E-state index is -4.52.